The van der Waals surface area contributed by atoms with Crippen molar-refractivity contribution in [3.8, 4) is 6.07 Å². The van der Waals surface area contributed by atoms with Crippen LogP contribution in [-0.2, 0) is 0 Å². The molecule has 96 valence electrons. The van der Waals surface area contributed by atoms with Crippen LogP contribution in [0, 0.1) is 18.3 Å². The van der Waals surface area contributed by atoms with Gasteiger partial charge in [-0.2, -0.15) is 5.26 Å². The third-order valence-corrected chi connectivity index (χ3v) is 4.12. The highest BCUT2D eigenvalue weighted by Gasteiger charge is 2.10. The lowest BCUT2D eigenvalue weighted by Gasteiger charge is -2.12. The summed E-state index contributed by atoms with van der Waals surface area (Å²) in [5.41, 5.74) is 8.55. The molecule has 3 N–H and O–H groups in total. The van der Waals surface area contributed by atoms with Crippen LogP contribution in [-0.4, -0.2) is 4.98 Å². The summed E-state index contributed by atoms with van der Waals surface area (Å²) in [6.45, 7) is 1.90. The van der Waals surface area contributed by atoms with Crippen molar-refractivity contribution in [2.24, 2.45) is 0 Å². The lowest BCUT2D eigenvalue weighted by atomic mass is 10.2. The van der Waals surface area contributed by atoms with Crippen molar-refractivity contribution in [1.29, 1.82) is 5.26 Å². The van der Waals surface area contributed by atoms with Gasteiger partial charge in [0.15, 0.2) is 0 Å². The van der Waals surface area contributed by atoms with Crippen LogP contribution in [0.15, 0.2) is 33.3 Å². The second kappa shape index (κ2) is 5.59. The molecule has 1 aromatic carbocycles. The van der Waals surface area contributed by atoms with E-state index in [9.17, 15) is 0 Å². The maximum atomic E-state index is 9.13. The predicted octanol–water partition coefficient (Wildman–Crippen LogP) is 4.11. The first-order valence-electron chi connectivity index (χ1n) is 5.40. The Labute approximate surface area is 127 Å². The van der Waals surface area contributed by atoms with Gasteiger partial charge >= 0.3 is 0 Å². The monoisotopic (exact) mass is 380 g/mol. The summed E-state index contributed by atoms with van der Waals surface area (Å²) < 4.78 is 1.65. The molecule has 0 fully saturated rings. The van der Waals surface area contributed by atoms with Crippen LogP contribution < -0.4 is 11.1 Å². The summed E-state index contributed by atoms with van der Waals surface area (Å²) >= 11 is 6.79. The van der Waals surface area contributed by atoms with Crippen LogP contribution in [0.3, 0.4) is 0 Å². The van der Waals surface area contributed by atoms with Crippen molar-refractivity contribution in [2.75, 3.05) is 11.1 Å². The molecule has 0 spiro atoms. The van der Waals surface area contributed by atoms with Crippen molar-refractivity contribution >= 4 is 49.1 Å². The average Bonchev–Trinajstić information content (AvgIpc) is 2.41. The maximum absolute atomic E-state index is 9.13. The van der Waals surface area contributed by atoms with Crippen LogP contribution >= 0.6 is 31.9 Å². The van der Waals surface area contributed by atoms with Crippen molar-refractivity contribution < 1.29 is 0 Å². The molecule has 0 aliphatic heterocycles. The van der Waals surface area contributed by atoms with Gasteiger partial charge in [0.2, 0.25) is 0 Å². The van der Waals surface area contributed by atoms with Crippen LogP contribution in [0.4, 0.5) is 17.2 Å². The predicted molar refractivity (Wildman–Crippen MR) is 83.2 cm³/mol. The number of nitrogens with zero attached hydrogens (tertiary/aromatic N) is 2. The Bertz CT molecular complexity index is 677. The number of hydrogen-bond donors (Lipinski definition) is 2. The van der Waals surface area contributed by atoms with Gasteiger partial charge in [-0.3, -0.25) is 0 Å². The summed E-state index contributed by atoms with van der Waals surface area (Å²) in [5, 5.41) is 12.3. The Kier molecular flexibility index (Phi) is 4.08. The quantitative estimate of drug-likeness (QED) is 0.820. The normalized spacial score (nSPS) is 10.0. The number of halogens is 2. The molecule has 0 radical (unpaired) electrons. The molecule has 4 nitrogen and oxygen atoms in total. The minimum atomic E-state index is 0.539. The summed E-state index contributed by atoms with van der Waals surface area (Å²) in [4.78, 5) is 4.23. The molecule has 1 aromatic heterocycles. The highest BCUT2D eigenvalue weighted by Crippen LogP contribution is 2.31. The first kappa shape index (κ1) is 13.8. The zero-order chi connectivity index (χ0) is 14.0. The molecule has 0 saturated carbocycles. The van der Waals surface area contributed by atoms with Gasteiger partial charge in [0.1, 0.15) is 11.9 Å². The molecule has 2 aromatic rings. The number of hydrogen-bond acceptors (Lipinski definition) is 4. The van der Waals surface area contributed by atoms with Gasteiger partial charge in [-0.1, -0.05) is 15.9 Å². The van der Waals surface area contributed by atoms with Gasteiger partial charge in [-0.25, -0.2) is 4.98 Å². The molecule has 6 heteroatoms. The number of nitrogens with two attached hydrogens (primary N) is 1. The minimum absolute atomic E-state index is 0.539. The van der Waals surface area contributed by atoms with E-state index >= 15 is 0 Å². The fraction of sp³-hybridized carbons (Fsp3) is 0.0769. The molecule has 0 aliphatic carbocycles. The number of aromatic nitrogens is 1. The SMILES string of the molecule is Cc1c(N)cnc(Nc2ccc(Br)cc2C#N)c1Br. The Morgan fingerprint density at radius 2 is 2.11 bits per heavy atom. The molecule has 0 atom stereocenters. The second-order valence-corrected chi connectivity index (χ2v) is 5.64. The number of nitriles is 1. The van der Waals surface area contributed by atoms with Crippen molar-refractivity contribution in [3.05, 3.63) is 44.5 Å². The van der Waals surface area contributed by atoms with Gasteiger partial charge in [0.25, 0.3) is 0 Å². The number of nitrogen functional groups attached to an aromatic ring is 1. The van der Waals surface area contributed by atoms with Gasteiger partial charge in [0.05, 0.1) is 27.6 Å². The lowest BCUT2D eigenvalue weighted by molar-refractivity contribution is 1.25. The average molecular weight is 382 g/mol. The fourth-order valence-corrected chi connectivity index (χ4v) is 2.32. The third-order valence-electron chi connectivity index (χ3n) is 2.66. The van der Waals surface area contributed by atoms with E-state index in [2.05, 4.69) is 48.2 Å². The highest BCUT2D eigenvalue weighted by molar-refractivity contribution is 9.11. The van der Waals surface area contributed by atoms with Crippen LogP contribution in [0.5, 0.6) is 0 Å². The Balaban J connectivity index is 2.43. The van der Waals surface area contributed by atoms with E-state index in [1.165, 1.54) is 0 Å². The molecule has 0 unspecified atom stereocenters. The Hall–Kier alpha value is -1.58. The number of benzene rings is 1. The van der Waals surface area contributed by atoms with E-state index in [1.54, 1.807) is 12.3 Å². The standard InChI is InChI=1S/C13H10Br2N4/c1-7-10(17)6-18-13(12(7)15)19-11-3-2-9(14)4-8(11)5-16/h2-4,6H,17H2,1H3,(H,18,19). The first-order chi connectivity index (χ1) is 9.02. The van der Waals surface area contributed by atoms with Gasteiger partial charge in [-0.05, 0) is 46.6 Å². The Morgan fingerprint density at radius 3 is 2.79 bits per heavy atom. The van der Waals surface area contributed by atoms with Crippen molar-refractivity contribution in [3.63, 3.8) is 0 Å². The van der Waals surface area contributed by atoms with Crippen LogP contribution in [0.1, 0.15) is 11.1 Å². The van der Waals surface area contributed by atoms with E-state index in [1.807, 2.05) is 19.1 Å². The topological polar surface area (TPSA) is 74.7 Å². The van der Waals surface area contributed by atoms with Crippen LogP contribution in [0.25, 0.3) is 0 Å². The van der Waals surface area contributed by atoms with Crippen molar-refractivity contribution in [1.82, 2.24) is 4.98 Å². The number of rotatable bonds is 2. The summed E-state index contributed by atoms with van der Waals surface area (Å²) in [7, 11) is 0. The van der Waals surface area contributed by atoms with Gasteiger partial charge in [-0.15, -0.1) is 0 Å². The van der Waals surface area contributed by atoms with Gasteiger partial charge < -0.3 is 11.1 Å². The first-order valence-corrected chi connectivity index (χ1v) is 6.98. The van der Waals surface area contributed by atoms with Crippen molar-refractivity contribution in [2.45, 2.75) is 6.92 Å². The highest BCUT2D eigenvalue weighted by atomic mass is 79.9. The largest absolute Gasteiger partial charge is 0.397 e. The summed E-state index contributed by atoms with van der Waals surface area (Å²) in [6.07, 6.45) is 1.59. The molecular weight excluding hydrogens is 372 g/mol. The maximum Gasteiger partial charge on any atom is 0.145 e. The molecule has 19 heavy (non-hydrogen) atoms. The third kappa shape index (κ3) is 2.88. The zero-order valence-electron chi connectivity index (χ0n) is 10.0. The summed E-state index contributed by atoms with van der Waals surface area (Å²) in [5.74, 6) is 0.630. The molecule has 0 amide bonds. The second-order valence-electron chi connectivity index (χ2n) is 3.93. The molecule has 0 aliphatic rings. The molecule has 1 heterocycles. The minimum Gasteiger partial charge on any atom is -0.397 e. The number of nitrogens with one attached hydrogen (secondary N) is 1. The fourth-order valence-electron chi connectivity index (χ4n) is 1.52. The summed E-state index contributed by atoms with van der Waals surface area (Å²) in [6, 6.07) is 7.58. The van der Waals surface area contributed by atoms with E-state index in [0.29, 0.717) is 22.8 Å². The van der Waals surface area contributed by atoms with Gasteiger partial charge in [0, 0.05) is 4.47 Å². The van der Waals surface area contributed by atoms with E-state index in [-0.39, 0.29) is 0 Å². The van der Waals surface area contributed by atoms with E-state index in [4.69, 9.17) is 11.0 Å². The Morgan fingerprint density at radius 1 is 1.37 bits per heavy atom. The lowest BCUT2D eigenvalue weighted by Crippen LogP contribution is -2.00. The van der Waals surface area contributed by atoms with E-state index < -0.39 is 0 Å². The molecular formula is C13H10Br2N4. The molecule has 0 bridgehead atoms. The number of pyridine rings is 1. The number of anilines is 3. The van der Waals surface area contributed by atoms with Crippen LogP contribution in [0.2, 0.25) is 0 Å². The smallest absolute Gasteiger partial charge is 0.145 e. The zero-order valence-corrected chi connectivity index (χ0v) is 13.2. The molecule has 2 rings (SSSR count). The van der Waals surface area contributed by atoms with E-state index in [0.717, 1.165) is 14.5 Å². The molecule has 0 saturated heterocycles.